The van der Waals surface area contributed by atoms with Gasteiger partial charge in [-0.1, -0.05) is 12.1 Å². The Kier molecular flexibility index (Phi) is 8.62. The minimum atomic E-state index is -0.0610. The Morgan fingerprint density at radius 3 is 2.57 bits per heavy atom. The smallest absolute Gasteiger partial charge is 0.289 e. The van der Waals surface area contributed by atoms with Crippen LogP contribution in [-0.2, 0) is 0 Å². The Labute approximate surface area is 182 Å². The third-order valence-electron chi connectivity index (χ3n) is 4.45. The normalized spacial score (nSPS) is 14.4. The van der Waals surface area contributed by atoms with E-state index in [1.165, 1.54) is 11.8 Å². The van der Waals surface area contributed by atoms with Crippen LogP contribution >= 0.6 is 24.0 Å². The van der Waals surface area contributed by atoms with Gasteiger partial charge in [-0.3, -0.25) is 9.79 Å². The second kappa shape index (κ2) is 10.9. The van der Waals surface area contributed by atoms with Gasteiger partial charge in [0.05, 0.1) is 12.8 Å². The summed E-state index contributed by atoms with van der Waals surface area (Å²) in [4.78, 5) is 20.6. The number of benzene rings is 1. The molecule has 1 fully saturated rings. The minimum Gasteiger partial charge on any atom is -0.492 e. The highest BCUT2D eigenvalue weighted by Crippen LogP contribution is 2.12. The topological polar surface area (TPSA) is 70.3 Å². The third kappa shape index (κ3) is 5.88. The molecule has 2 aromatic rings. The fraction of sp³-hybridized carbons (Fsp3) is 0.400. The van der Waals surface area contributed by atoms with Gasteiger partial charge in [0.15, 0.2) is 11.7 Å². The molecule has 2 heterocycles. The molecular formula is C20H27IN4O3. The highest BCUT2D eigenvalue weighted by atomic mass is 127. The molecule has 1 aliphatic rings. The first-order valence-corrected chi connectivity index (χ1v) is 9.15. The van der Waals surface area contributed by atoms with Crippen LogP contribution in [0, 0.1) is 6.92 Å². The second-order valence-corrected chi connectivity index (χ2v) is 6.40. The van der Waals surface area contributed by atoms with E-state index in [2.05, 4.69) is 15.2 Å². The van der Waals surface area contributed by atoms with Crippen LogP contribution in [0.15, 0.2) is 52.1 Å². The molecule has 7 nitrogen and oxygen atoms in total. The zero-order valence-electron chi connectivity index (χ0n) is 16.3. The molecule has 28 heavy (non-hydrogen) atoms. The SMILES string of the molecule is CN=C(NCCOc1cccc(C)c1)N1CCN(C(=O)c2ccco2)CC1.I. The number of furan rings is 1. The van der Waals surface area contributed by atoms with Crippen LogP contribution in [-0.4, -0.2) is 68.0 Å². The fourth-order valence-corrected chi connectivity index (χ4v) is 3.05. The fourth-order valence-electron chi connectivity index (χ4n) is 3.05. The lowest BCUT2D eigenvalue weighted by atomic mass is 10.2. The molecule has 0 atom stereocenters. The number of carbonyl (C=O) groups is 1. The molecule has 152 valence electrons. The summed E-state index contributed by atoms with van der Waals surface area (Å²) in [5.74, 6) is 2.03. The van der Waals surface area contributed by atoms with Gasteiger partial charge in [0.2, 0.25) is 0 Å². The van der Waals surface area contributed by atoms with Crippen molar-refractivity contribution in [2.75, 3.05) is 46.4 Å². The van der Waals surface area contributed by atoms with Gasteiger partial charge in [-0.05, 0) is 36.8 Å². The first-order valence-electron chi connectivity index (χ1n) is 9.15. The molecule has 0 radical (unpaired) electrons. The van der Waals surface area contributed by atoms with Crippen LogP contribution in [0.5, 0.6) is 5.75 Å². The molecular weight excluding hydrogens is 471 g/mol. The number of amides is 1. The Balaban J connectivity index is 0.00000280. The van der Waals surface area contributed by atoms with Gasteiger partial charge in [0.1, 0.15) is 12.4 Å². The summed E-state index contributed by atoms with van der Waals surface area (Å²) in [6.45, 7) is 5.99. The predicted octanol–water partition coefficient (Wildman–Crippen LogP) is 2.62. The van der Waals surface area contributed by atoms with Crippen molar-refractivity contribution in [3.05, 3.63) is 54.0 Å². The Morgan fingerprint density at radius 1 is 1.18 bits per heavy atom. The van der Waals surface area contributed by atoms with E-state index in [1.54, 1.807) is 19.2 Å². The number of aliphatic imine (C=N–C) groups is 1. The maximum atomic E-state index is 12.3. The lowest BCUT2D eigenvalue weighted by Gasteiger charge is -2.36. The molecule has 0 spiro atoms. The van der Waals surface area contributed by atoms with Gasteiger partial charge in [-0.25, -0.2) is 0 Å². The predicted molar refractivity (Wildman–Crippen MR) is 120 cm³/mol. The maximum Gasteiger partial charge on any atom is 0.289 e. The average molecular weight is 498 g/mol. The molecule has 0 aliphatic carbocycles. The lowest BCUT2D eigenvalue weighted by Crippen LogP contribution is -2.54. The zero-order valence-corrected chi connectivity index (χ0v) is 18.6. The number of nitrogens with one attached hydrogen (secondary N) is 1. The van der Waals surface area contributed by atoms with E-state index in [9.17, 15) is 4.79 Å². The van der Waals surface area contributed by atoms with Crippen molar-refractivity contribution in [2.45, 2.75) is 6.92 Å². The average Bonchev–Trinajstić information content (AvgIpc) is 3.23. The van der Waals surface area contributed by atoms with Crippen LogP contribution in [0.3, 0.4) is 0 Å². The van der Waals surface area contributed by atoms with Crippen molar-refractivity contribution in [3.8, 4) is 5.75 Å². The van der Waals surface area contributed by atoms with Gasteiger partial charge in [-0.2, -0.15) is 0 Å². The second-order valence-electron chi connectivity index (χ2n) is 6.40. The third-order valence-corrected chi connectivity index (χ3v) is 4.45. The monoisotopic (exact) mass is 498 g/mol. The first-order chi connectivity index (χ1) is 13.2. The van der Waals surface area contributed by atoms with E-state index in [4.69, 9.17) is 9.15 Å². The van der Waals surface area contributed by atoms with Gasteiger partial charge in [0.25, 0.3) is 5.91 Å². The van der Waals surface area contributed by atoms with E-state index < -0.39 is 0 Å². The van der Waals surface area contributed by atoms with Gasteiger partial charge in [0, 0.05) is 33.2 Å². The van der Waals surface area contributed by atoms with Gasteiger partial charge < -0.3 is 24.3 Å². The summed E-state index contributed by atoms with van der Waals surface area (Å²) in [5.41, 5.74) is 1.18. The van der Waals surface area contributed by atoms with E-state index in [1.807, 2.05) is 36.1 Å². The van der Waals surface area contributed by atoms with E-state index in [0.29, 0.717) is 32.0 Å². The number of ether oxygens (including phenoxy) is 1. The summed E-state index contributed by atoms with van der Waals surface area (Å²) in [7, 11) is 1.77. The van der Waals surface area contributed by atoms with E-state index in [0.717, 1.165) is 24.8 Å². The standard InChI is InChI=1S/C20H26N4O3.HI/c1-16-5-3-6-17(15-16)26-14-8-22-20(21-2)24-11-9-23(10-12-24)19(25)18-7-4-13-27-18;/h3-7,13,15H,8-12,14H2,1-2H3,(H,21,22);1H. The van der Waals surface area contributed by atoms with Crippen LogP contribution in [0.4, 0.5) is 0 Å². The van der Waals surface area contributed by atoms with Crippen molar-refractivity contribution in [1.82, 2.24) is 15.1 Å². The summed E-state index contributed by atoms with van der Waals surface area (Å²) >= 11 is 0. The summed E-state index contributed by atoms with van der Waals surface area (Å²) < 4.78 is 11.0. The number of piperazine rings is 1. The highest BCUT2D eigenvalue weighted by Gasteiger charge is 2.24. The largest absolute Gasteiger partial charge is 0.492 e. The highest BCUT2D eigenvalue weighted by molar-refractivity contribution is 14.0. The summed E-state index contributed by atoms with van der Waals surface area (Å²) in [6, 6.07) is 11.4. The van der Waals surface area contributed by atoms with Crippen molar-refractivity contribution in [1.29, 1.82) is 0 Å². The van der Waals surface area contributed by atoms with Crippen molar-refractivity contribution < 1.29 is 13.9 Å². The molecule has 8 heteroatoms. The molecule has 1 amide bonds. The first kappa shape index (κ1) is 22.1. The summed E-state index contributed by atoms with van der Waals surface area (Å²) in [5, 5.41) is 3.32. The number of carbonyl (C=O) groups excluding carboxylic acids is 1. The molecule has 1 aliphatic heterocycles. The van der Waals surface area contributed by atoms with E-state index >= 15 is 0 Å². The molecule has 1 saturated heterocycles. The number of aryl methyl sites for hydroxylation is 1. The van der Waals surface area contributed by atoms with Crippen LogP contribution in [0.25, 0.3) is 0 Å². The van der Waals surface area contributed by atoms with Crippen LogP contribution in [0.1, 0.15) is 16.1 Å². The van der Waals surface area contributed by atoms with Gasteiger partial charge >= 0.3 is 0 Å². The number of rotatable bonds is 5. The number of halogens is 1. The Hall–Kier alpha value is -2.23. The minimum absolute atomic E-state index is 0. The maximum absolute atomic E-state index is 12.3. The summed E-state index contributed by atoms with van der Waals surface area (Å²) in [6.07, 6.45) is 1.52. The number of hydrogen-bond donors (Lipinski definition) is 1. The molecule has 1 aromatic heterocycles. The van der Waals surface area contributed by atoms with Crippen molar-refractivity contribution >= 4 is 35.8 Å². The molecule has 1 aromatic carbocycles. The van der Waals surface area contributed by atoms with E-state index in [-0.39, 0.29) is 29.9 Å². The number of hydrogen-bond acceptors (Lipinski definition) is 4. The molecule has 1 N–H and O–H groups in total. The molecule has 3 rings (SSSR count). The van der Waals surface area contributed by atoms with Crippen LogP contribution < -0.4 is 10.1 Å². The molecule has 0 saturated carbocycles. The Bertz CT molecular complexity index is 772. The number of nitrogens with zero attached hydrogens (tertiary/aromatic N) is 3. The van der Waals surface area contributed by atoms with Crippen molar-refractivity contribution in [3.63, 3.8) is 0 Å². The quantitative estimate of drug-likeness (QED) is 0.297. The molecule has 0 bridgehead atoms. The van der Waals surface area contributed by atoms with Crippen LogP contribution in [0.2, 0.25) is 0 Å². The Morgan fingerprint density at radius 2 is 1.93 bits per heavy atom. The molecule has 0 unspecified atom stereocenters. The number of guanidine groups is 1. The van der Waals surface area contributed by atoms with Gasteiger partial charge in [-0.15, -0.1) is 24.0 Å². The lowest BCUT2D eigenvalue weighted by molar-refractivity contribution is 0.0657. The van der Waals surface area contributed by atoms with Crippen molar-refractivity contribution in [2.24, 2.45) is 4.99 Å². The zero-order chi connectivity index (χ0) is 19.1.